The van der Waals surface area contributed by atoms with Crippen LogP contribution in [0.4, 0.5) is 0 Å². The second-order valence-electron chi connectivity index (χ2n) is 7.64. The topological polar surface area (TPSA) is 149 Å². The monoisotopic (exact) mass is 491 g/mol. The molecule has 0 aliphatic carbocycles. The van der Waals surface area contributed by atoms with Crippen LogP contribution in [0.3, 0.4) is 0 Å². The molecule has 184 valence electrons. The molecular formula is C23H29N3O7S. The quantitative estimate of drug-likeness (QED) is 0.332. The van der Waals surface area contributed by atoms with Gasteiger partial charge in [-0.1, -0.05) is 18.2 Å². The van der Waals surface area contributed by atoms with Crippen LogP contribution < -0.4 is 9.46 Å². The standard InChI is InChI=1S/C21H27N3O3S.C2H2O4/c1-24(2)13-11-17-15-22-20-9-8-18(14-19(17)20)28(25,26)23-12-10-16-6-4-5-7-21(16)27-3;3-1(4)2(5)6/h4-9,14-15,22-23H,10-13H2,1-3H3;(H,3,4)(H,5,6). The summed E-state index contributed by atoms with van der Waals surface area (Å²) in [6, 6.07) is 12.8. The number of carboxylic acids is 2. The molecule has 0 unspecified atom stereocenters. The molecule has 4 N–H and O–H groups in total. The first-order valence-corrected chi connectivity index (χ1v) is 11.9. The number of likely N-dealkylation sites (N-methyl/N-ethyl adjacent to an activating group) is 1. The first-order chi connectivity index (χ1) is 16.0. The minimum atomic E-state index is -3.58. The van der Waals surface area contributed by atoms with Gasteiger partial charge in [0.25, 0.3) is 0 Å². The molecule has 0 saturated heterocycles. The third kappa shape index (κ3) is 7.58. The van der Waals surface area contributed by atoms with Crippen LogP contribution in [0.15, 0.2) is 53.6 Å². The highest BCUT2D eigenvalue weighted by atomic mass is 32.2. The number of para-hydroxylation sites is 1. The van der Waals surface area contributed by atoms with Gasteiger partial charge in [0.15, 0.2) is 0 Å². The number of aromatic amines is 1. The number of carboxylic acid groups (broad SMARTS) is 2. The molecule has 0 aliphatic heterocycles. The van der Waals surface area contributed by atoms with Crippen LogP contribution in [0.2, 0.25) is 0 Å². The Labute approximate surface area is 198 Å². The van der Waals surface area contributed by atoms with Gasteiger partial charge in [-0.25, -0.2) is 22.7 Å². The highest BCUT2D eigenvalue weighted by Gasteiger charge is 2.16. The highest BCUT2D eigenvalue weighted by molar-refractivity contribution is 7.89. The number of methoxy groups -OCH3 is 1. The predicted molar refractivity (Wildman–Crippen MR) is 128 cm³/mol. The number of hydrogen-bond donors (Lipinski definition) is 4. The maximum absolute atomic E-state index is 12.8. The fourth-order valence-electron chi connectivity index (χ4n) is 3.19. The van der Waals surface area contributed by atoms with Crippen molar-refractivity contribution in [3.63, 3.8) is 0 Å². The largest absolute Gasteiger partial charge is 0.496 e. The second kappa shape index (κ2) is 12.2. The number of aromatic nitrogens is 1. The van der Waals surface area contributed by atoms with E-state index in [0.29, 0.717) is 13.0 Å². The summed E-state index contributed by atoms with van der Waals surface area (Å²) in [4.78, 5) is 23.8. The molecule has 0 amide bonds. The van der Waals surface area contributed by atoms with E-state index >= 15 is 0 Å². The van der Waals surface area contributed by atoms with Crippen molar-refractivity contribution in [2.75, 3.05) is 34.3 Å². The normalized spacial score (nSPS) is 11.2. The Kier molecular flexibility index (Phi) is 9.60. The van der Waals surface area contributed by atoms with Gasteiger partial charge in [-0.15, -0.1) is 0 Å². The summed E-state index contributed by atoms with van der Waals surface area (Å²) in [5.74, 6) is -2.88. The number of H-pyrrole nitrogens is 1. The average Bonchev–Trinajstić information content (AvgIpc) is 3.20. The molecule has 2 aromatic carbocycles. The number of sulfonamides is 1. The number of ether oxygens (including phenoxy) is 1. The lowest BCUT2D eigenvalue weighted by Crippen LogP contribution is -2.26. The molecule has 0 bridgehead atoms. The minimum absolute atomic E-state index is 0.283. The van der Waals surface area contributed by atoms with Gasteiger partial charge in [0.05, 0.1) is 12.0 Å². The Balaban J connectivity index is 0.000000604. The number of carbonyl (C=O) groups is 2. The van der Waals surface area contributed by atoms with E-state index in [1.807, 2.05) is 50.6 Å². The van der Waals surface area contributed by atoms with Gasteiger partial charge in [-0.2, -0.15) is 0 Å². The Morgan fingerprint density at radius 3 is 2.32 bits per heavy atom. The number of fused-ring (bicyclic) bond motifs is 1. The number of hydrogen-bond acceptors (Lipinski definition) is 6. The van der Waals surface area contributed by atoms with Crippen LogP contribution in [-0.4, -0.2) is 74.7 Å². The molecule has 0 spiro atoms. The Hall–Kier alpha value is -3.41. The first-order valence-electron chi connectivity index (χ1n) is 10.4. The minimum Gasteiger partial charge on any atom is -0.496 e. The second-order valence-corrected chi connectivity index (χ2v) is 9.41. The van der Waals surface area contributed by atoms with Crippen molar-refractivity contribution >= 4 is 32.9 Å². The van der Waals surface area contributed by atoms with Crippen molar-refractivity contribution in [3.8, 4) is 5.75 Å². The van der Waals surface area contributed by atoms with E-state index < -0.39 is 22.0 Å². The fraction of sp³-hybridized carbons (Fsp3) is 0.304. The van der Waals surface area contributed by atoms with Gasteiger partial charge in [0, 0.05) is 30.2 Å². The Morgan fingerprint density at radius 2 is 1.71 bits per heavy atom. The summed E-state index contributed by atoms with van der Waals surface area (Å²) in [5, 5.41) is 15.7. The van der Waals surface area contributed by atoms with Gasteiger partial charge >= 0.3 is 11.9 Å². The number of rotatable bonds is 9. The SMILES string of the molecule is COc1ccccc1CCNS(=O)(=O)c1ccc2[nH]cc(CCN(C)C)c2c1.O=C(O)C(=O)O. The van der Waals surface area contributed by atoms with Crippen molar-refractivity contribution in [2.24, 2.45) is 0 Å². The van der Waals surface area contributed by atoms with Crippen LogP contribution in [0.5, 0.6) is 5.75 Å². The zero-order valence-electron chi connectivity index (χ0n) is 19.2. The van der Waals surface area contributed by atoms with Gasteiger partial charge in [0.1, 0.15) is 5.75 Å². The van der Waals surface area contributed by atoms with Gasteiger partial charge < -0.3 is 24.8 Å². The van der Waals surface area contributed by atoms with Crippen LogP contribution in [0, 0.1) is 0 Å². The van der Waals surface area contributed by atoms with Crippen molar-refractivity contribution < 1.29 is 33.0 Å². The summed E-state index contributed by atoms with van der Waals surface area (Å²) in [7, 11) is 2.08. The van der Waals surface area contributed by atoms with E-state index in [0.717, 1.165) is 40.7 Å². The Morgan fingerprint density at radius 1 is 1.03 bits per heavy atom. The lowest BCUT2D eigenvalue weighted by atomic mass is 10.1. The van der Waals surface area contributed by atoms with Crippen LogP contribution in [0.1, 0.15) is 11.1 Å². The molecule has 0 saturated carbocycles. The van der Waals surface area contributed by atoms with Crippen LogP contribution in [-0.2, 0) is 32.5 Å². The molecule has 1 heterocycles. The van der Waals surface area contributed by atoms with E-state index in [-0.39, 0.29) is 4.90 Å². The lowest BCUT2D eigenvalue weighted by Gasteiger charge is -2.10. The van der Waals surface area contributed by atoms with E-state index in [9.17, 15) is 8.42 Å². The smallest absolute Gasteiger partial charge is 0.414 e. The summed E-state index contributed by atoms with van der Waals surface area (Å²) in [6.45, 7) is 1.21. The average molecular weight is 492 g/mol. The van der Waals surface area contributed by atoms with Crippen molar-refractivity contribution in [1.29, 1.82) is 0 Å². The molecule has 3 rings (SSSR count). The molecule has 11 heteroatoms. The molecule has 0 fully saturated rings. The zero-order chi connectivity index (χ0) is 25.3. The number of benzene rings is 2. The van der Waals surface area contributed by atoms with Crippen LogP contribution >= 0.6 is 0 Å². The molecule has 34 heavy (non-hydrogen) atoms. The first kappa shape index (κ1) is 26.8. The molecule has 0 radical (unpaired) electrons. The third-order valence-corrected chi connectivity index (χ3v) is 6.40. The summed E-state index contributed by atoms with van der Waals surface area (Å²) < 4.78 is 33.5. The fourth-order valence-corrected chi connectivity index (χ4v) is 4.25. The molecule has 10 nitrogen and oxygen atoms in total. The maximum atomic E-state index is 12.8. The van der Waals surface area contributed by atoms with Crippen LogP contribution in [0.25, 0.3) is 10.9 Å². The maximum Gasteiger partial charge on any atom is 0.414 e. The molecule has 1 aromatic heterocycles. The summed E-state index contributed by atoms with van der Waals surface area (Å²) in [5.41, 5.74) is 3.04. The molecule has 0 atom stereocenters. The highest BCUT2D eigenvalue weighted by Crippen LogP contribution is 2.23. The molecular weight excluding hydrogens is 462 g/mol. The van der Waals surface area contributed by atoms with Crippen molar-refractivity contribution in [3.05, 3.63) is 59.8 Å². The summed E-state index contributed by atoms with van der Waals surface area (Å²) in [6.07, 6.45) is 3.38. The van der Waals surface area contributed by atoms with E-state index in [4.69, 9.17) is 24.5 Å². The van der Waals surface area contributed by atoms with Gasteiger partial charge in [-0.3, -0.25) is 0 Å². The number of aliphatic carboxylic acids is 2. The Bertz CT molecular complexity index is 1220. The van der Waals surface area contributed by atoms with Crippen molar-refractivity contribution in [1.82, 2.24) is 14.6 Å². The zero-order valence-corrected chi connectivity index (χ0v) is 20.1. The van der Waals surface area contributed by atoms with Crippen molar-refractivity contribution in [2.45, 2.75) is 17.7 Å². The number of nitrogens with one attached hydrogen (secondary N) is 2. The predicted octanol–water partition coefficient (Wildman–Crippen LogP) is 1.96. The van der Waals surface area contributed by atoms with E-state index in [1.54, 1.807) is 19.2 Å². The van der Waals surface area contributed by atoms with E-state index in [1.165, 1.54) is 0 Å². The molecule has 0 aliphatic rings. The van der Waals surface area contributed by atoms with Gasteiger partial charge in [-0.05, 0) is 62.3 Å². The molecule has 3 aromatic rings. The van der Waals surface area contributed by atoms with E-state index in [2.05, 4.69) is 14.6 Å². The van der Waals surface area contributed by atoms with Gasteiger partial charge in [0.2, 0.25) is 10.0 Å². The summed E-state index contributed by atoms with van der Waals surface area (Å²) >= 11 is 0. The number of nitrogens with zero attached hydrogens (tertiary/aromatic N) is 1. The lowest BCUT2D eigenvalue weighted by molar-refractivity contribution is -0.159. The third-order valence-electron chi connectivity index (χ3n) is 4.94.